The first kappa shape index (κ1) is 35.3. The monoisotopic (exact) mass is 671 g/mol. The molecular formula is C35H40F3N3O7. The predicted octanol–water partition coefficient (Wildman–Crippen LogP) is 4.26. The van der Waals surface area contributed by atoms with Gasteiger partial charge in [-0.25, -0.2) is 0 Å². The van der Waals surface area contributed by atoms with Crippen LogP contribution in [0.3, 0.4) is 0 Å². The van der Waals surface area contributed by atoms with E-state index in [-0.39, 0.29) is 44.1 Å². The number of nitrogens with one attached hydrogen (secondary N) is 1. The van der Waals surface area contributed by atoms with Crippen LogP contribution in [0, 0.1) is 0 Å². The minimum absolute atomic E-state index is 0.0603. The van der Waals surface area contributed by atoms with Crippen LogP contribution >= 0.6 is 0 Å². The lowest BCUT2D eigenvalue weighted by Crippen LogP contribution is -2.50. The smallest absolute Gasteiger partial charge is 0.471 e. The first-order valence-electron chi connectivity index (χ1n) is 15.8. The average molecular weight is 672 g/mol. The summed E-state index contributed by atoms with van der Waals surface area (Å²) in [5.41, 5.74) is 3.70. The number of phenols is 1. The van der Waals surface area contributed by atoms with Gasteiger partial charge in [-0.1, -0.05) is 60.7 Å². The Labute approximate surface area is 276 Å². The Morgan fingerprint density at radius 2 is 1.71 bits per heavy atom. The Bertz CT molecular complexity index is 1540. The van der Waals surface area contributed by atoms with Gasteiger partial charge in [-0.05, 0) is 54.3 Å². The van der Waals surface area contributed by atoms with Crippen molar-refractivity contribution in [3.63, 3.8) is 0 Å². The topological polar surface area (TPSA) is 132 Å². The number of carbonyl (C=O) groups excluding carboxylic acids is 2. The summed E-state index contributed by atoms with van der Waals surface area (Å²) in [5, 5.41) is 32.7. The molecular weight excluding hydrogens is 631 g/mol. The highest BCUT2D eigenvalue weighted by atomic mass is 19.4. The molecule has 0 aromatic heterocycles. The lowest BCUT2D eigenvalue weighted by atomic mass is 9.99. The molecule has 0 spiro atoms. The van der Waals surface area contributed by atoms with Crippen LogP contribution in [-0.2, 0) is 32.2 Å². The molecule has 2 heterocycles. The normalized spacial score (nSPS) is 22.1. The number of benzene rings is 3. The number of amides is 2. The van der Waals surface area contributed by atoms with Crippen molar-refractivity contribution < 1.29 is 47.6 Å². The first-order valence-corrected chi connectivity index (χ1v) is 15.8. The van der Waals surface area contributed by atoms with Crippen molar-refractivity contribution in [2.24, 2.45) is 0 Å². The fourth-order valence-electron chi connectivity index (χ4n) is 6.13. The van der Waals surface area contributed by atoms with Crippen LogP contribution in [-0.4, -0.2) is 81.9 Å². The number of phenolic OH excluding ortho intramolecular Hbond substituents is 1. The van der Waals surface area contributed by atoms with Gasteiger partial charge in [-0.15, -0.1) is 0 Å². The molecule has 2 saturated heterocycles. The predicted molar refractivity (Wildman–Crippen MR) is 168 cm³/mol. The van der Waals surface area contributed by atoms with E-state index >= 15 is 0 Å². The molecule has 10 nitrogen and oxygen atoms in total. The third-order valence-corrected chi connectivity index (χ3v) is 8.65. The van der Waals surface area contributed by atoms with Crippen molar-refractivity contribution in [3.05, 3.63) is 101 Å². The summed E-state index contributed by atoms with van der Waals surface area (Å²) in [6.07, 6.45) is -6.23. The molecule has 48 heavy (non-hydrogen) atoms. The SMILES string of the molecule is CN(C[C@H]1C[C@@H](c2ccc(CO)cc2)O[C@@H](c2ccc(CNC(=O)[C@@H]3CCCN3C(=O)C(F)(F)F)cc2)O1)C[C@@H](O)c1cccc(O)c1. The van der Waals surface area contributed by atoms with Crippen LogP contribution in [0.5, 0.6) is 5.75 Å². The van der Waals surface area contributed by atoms with Gasteiger partial charge < -0.3 is 39.9 Å². The van der Waals surface area contributed by atoms with Gasteiger partial charge in [0.1, 0.15) is 11.8 Å². The van der Waals surface area contributed by atoms with E-state index in [0.717, 1.165) is 11.1 Å². The van der Waals surface area contributed by atoms with Crippen LogP contribution < -0.4 is 5.32 Å². The molecule has 2 aliphatic rings. The highest BCUT2D eigenvalue weighted by Gasteiger charge is 2.47. The van der Waals surface area contributed by atoms with E-state index < -0.39 is 36.4 Å². The van der Waals surface area contributed by atoms with Gasteiger partial charge in [0, 0.05) is 38.2 Å². The van der Waals surface area contributed by atoms with Gasteiger partial charge in [-0.2, -0.15) is 13.2 Å². The molecule has 5 atom stereocenters. The molecule has 4 N–H and O–H groups in total. The Kier molecular flexibility index (Phi) is 11.4. The van der Waals surface area contributed by atoms with Gasteiger partial charge in [0.05, 0.1) is 24.9 Å². The molecule has 2 fully saturated rings. The highest BCUT2D eigenvalue weighted by molar-refractivity contribution is 5.90. The molecule has 3 aromatic rings. The van der Waals surface area contributed by atoms with Gasteiger partial charge in [0.15, 0.2) is 6.29 Å². The number of ether oxygens (including phenoxy) is 2. The molecule has 0 radical (unpaired) electrons. The maximum Gasteiger partial charge on any atom is 0.471 e. The largest absolute Gasteiger partial charge is 0.508 e. The Balaban J connectivity index is 1.24. The average Bonchev–Trinajstić information content (AvgIpc) is 3.56. The Morgan fingerprint density at radius 1 is 1.02 bits per heavy atom. The summed E-state index contributed by atoms with van der Waals surface area (Å²) >= 11 is 0. The van der Waals surface area contributed by atoms with Gasteiger partial charge in [0.2, 0.25) is 5.91 Å². The zero-order valence-corrected chi connectivity index (χ0v) is 26.5. The summed E-state index contributed by atoms with van der Waals surface area (Å²) in [5.74, 6) is -2.56. The number of rotatable bonds is 11. The van der Waals surface area contributed by atoms with Crippen molar-refractivity contribution in [1.82, 2.24) is 15.1 Å². The van der Waals surface area contributed by atoms with E-state index in [1.54, 1.807) is 42.5 Å². The number of aromatic hydroxyl groups is 1. The van der Waals surface area contributed by atoms with Crippen molar-refractivity contribution >= 4 is 11.8 Å². The van der Waals surface area contributed by atoms with Crippen LogP contribution in [0.2, 0.25) is 0 Å². The Morgan fingerprint density at radius 3 is 2.38 bits per heavy atom. The maximum atomic E-state index is 13.0. The minimum atomic E-state index is -5.04. The second-order valence-corrected chi connectivity index (χ2v) is 12.3. The van der Waals surface area contributed by atoms with E-state index in [0.29, 0.717) is 47.5 Å². The Hall–Kier alpha value is -4.01. The van der Waals surface area contributed by atoms with Crippen LogP contribution in [0.15, 0.2) is 72.8 Å². The lowest BCUT2D eigenvalue weighted by molar-refractivity contribution is -0.252. The number of hydrogen-bond donors (Lipinski definition) is 4. The van der Waals surface area contributed by atoms with Gasteiger partial charge in [0.25, 0.3) is 0 Å². The zero-order valence-electron chi connectivity index (χ0n) is 26.5. The molecule has 2 amide bonds. The number of halogens is 3. The summed E-state index contributed by atoms with van der Waals surface area (Å²) < 4.78 is 51.7. The van der Waals surface area contributed by atoms with Crippen molar-refractivity contribution in [2.45, 2.75) is 69.2 Å². The summed E-state index contributed by atoms with van der Waals surface area (Å²) in [6.45, 7) is 0.636. The number of nitrogens with zero attached hydrogens (tertiary/aromatic N) is 2. The number of aliphatic hydroxyl groups is 2. The second kappa shape index (κ2) is 15.5. The molecule has 258 valence electrons. The van der Waals surface area contributed by atoms with E-state index in [2.05, 4.69) is 5.32 Å². The summed E-state index contributed by atoms with van der Waals surface area (Å²) in [6, 6.07) is 19.9. The molecule has 13 heteroatoms. The first-order chi connectivity index (χ1) is 22.9. The lowest BCUT2D eigenvalue weighted by Gasteiger charge is -2.38. The quantitative estimate of drug-likeness (QED) is 0.238. The molecule has 3 aromatic carbocycles. The zero-order chi connectivity index (χ0) is 34.4. The maximum absolute atomic E-state index is 13.0. The third kappa shape index (κ3) is 8.91. The molecule has 0 bridgehead atoms. The van der Waals surface area contributed by atoms with Crippen LogP contribution in [0.1, 0.15) is 65.6 Å². The number of alkyl halides is 3. The summed E-state index contributed by atoms with van der Waals surface area (Å²) in [7, 11) is 1.87. The van der Waals surface area contributed by atoms with E-state index in [1.165, 1.54) is 6.07 Å². The molecule has 0 unspecified atom stereocenters. The number of likely N-dealkylation sites (N-methyl/N-ethyl adjacent to an activating group) is 1. The second-order valence-electron chi connectivity index (χ2n) is 12.3. The van der Waals surface area contributed by atoms with E-state index in [1.807, 2.05) is 36.2 Å². The molecule has 2 aliphatic heterocycles. The van der Waals surface area contributed by atoms with Crippen molar-refractivity contribution in [3.8, 4) is 5.75 Å². The van der Waals surface area contributed by atoms with Gasteiger partial charge >= 0.3 is 12.1 Å². The summed E-state index contributed by atoms with van der Waals surface area (Å²) in [4.78, 5) is 27.0. The van der Waals surface area contributed by atoms with Crippen molar-refractivity contribution in [2.75, 3.05) is 26.7 Å². The number of carbonyl (C=O) groups is 2. The molecule has 0 saturated carbocycles. The van der Waals surface area contributed by atoms with E-state index in [4.69, 9.17) is 9.47 Å². The fraction of sp³-hybridized carbons (Fsp3) is 0.429. The van der Waals surface area contributed by atoms with Crippen LogP contribution in [0.4, 0.5) is 13.2 Å². The van der Waals surface area contributed by atoms with E-state index in [9.17, 15) is 38.1 Å². The van der Waals surface area contributed by atoms with Crippen LogP contribution in [0.25, 0.3) is 0 Å². The standard InChI is InChI=1S/C35H40F3N3O7/c1-40(20-30(44)26-4-2-5-27(43)16-26)19-28-17-31(24-11-9-23(21-42)10-12-24)48-33(47-28)25-13-7-22(8-14-25)18-39-32(45)29-6-3-15-41(29)34(46)35(36,37)38/h2,4-5,7-14,16,28-31,33,42-44H,3,6,15,17-21H2,1H3,(H,39,45)/t28-,29+,30-,31+,33+/m1/s1. The van der Waals surface area contributed by atoms with Gasteiger partial charge in [-0.3, -0.25) is 9.59 Å². The third-order valence-electron chi connectivity index (χ3n) is 8.65. The fourth-order valence-corrected chi connectivity index (χ4v) is 6.13. The van der Waals surface area contributed by atoms with Crippen molar-refractivity contribution in [1.29, 1.82) is 0 Å². The number of hydrogen-bond acceptors (Lipinski definition) is 8. The highest BCUT2D eigenvalue weighted by Crippen LogP contribution is 2.38. The molecule has 5 rings (SSSR count). The number of aliphatic hydroxyl groups excluding tert-OH is 2. The molecule has 0 aliphatic carbocycles. The number of likely N-dealkylation sites (tertiary alicyclic amines) is 1. The minimum Gasteiger partial charge on any atom is -0.508 e.